The van der Waals surface area contributed by atoms with Crippen LogP contribution in [0.4, 0.5) is 5.69 Å². The molecule has 0 bridgehead atoms. The van der Waals surface area contributed by atoms with Crippen LogP contribution < -0.4 is 17.2 Å². The Morgan fingerprint density at radius 3 is 2.37 bits per heavy atom. The van der Waals surface area contributed by atoms with Gasteiger partial charge in [0, 0.05) is 48.9 Å². The van der Waals surface area contributed by atoms with E-state index in [4.69, 9.17) is 17.2 Å². The van der Waals surface area contributed by atoms with Gasteiger partial charge in [-0.3, -0.25) is 4.79 Å². The van der Waals surface area contributed by atoms with Crippen molar-refractivity contribution in [2.45, 2.75) is 12.8 Å². The summed E-state index contributed by atoms with van der Waals surface area (Å²) < 4.78 is 0. The van der Waals surface area contributed by atoms with Crippen LogP contribution >= 0.6 is 0 Å². The van der Waals surface area contributed by atoms with E-state index < -0.39 is 0 Å². The van der Waals surface area contributed by atoms with Crippen LogP contribution in [0.3, 0.4) is 0 Å². The number of benzene rings is 2. The fraction of sp³-hybridized carbons (Fsp3) is 0.333. The number of nitrogens with zero attached hydrogens (tertiary/aromatic N) is 2. The number of nitrogen functional groups attached to an aromatic ring is 1. The second-order valence-corrected chi connectivity index (χ2v) is 6.72. The average Bonchev–Trinajstić information content (AvgIpc) is 2.68. The largest absolute Gasteiger partial charge is 0.398 e. The molecule has 0 fully saturated rings. The van der Waals surface area contributed by atoms with Crippen molar-refractivity contribution in [3.63, 3.8) is 0 Å². The van der Waals surface area contributed by atoms with E-state index in [0.717, 1.165) is 47.9 Å². The molecule has 27 heavy (non-hydrogen) atoms. The minimum atomic E-state index is 0.116. The van der Waals surface area contributed by atoms with E-state index >= 15 is 0 Å². The molecule has 142 valence electrons. The summed E-state index contributed by atoms with van der Waals surface area (Å²) in [4.78, 5) is 19.5. The van der Waals surface area contributed by atoms with Gasteiger partial charge in [0.05, 0.1) is 16.7 Å². The third-order valence-corrected chi connectivity index (χ3v) is 4.81. The van der Waals surface area contributed by atoms with Crippen LogP contribution in [-0.2, 0) is 0 Å². The van der Waals surface area contributed by atoms with Crippen LogP contribution in [0, 0.1) is 0 Å². The number of nitrogens with two attached hydrogens (primary N) is 3. The van der Waals surface area contributed by atoms with Crippen LogP contribution in [0.15, 0.2) is 42.5 Å². The van der Waals surface area contributed by atoms with Crippen LogP contribution in [0.25, 0.3) is 21.8 Å². The summed E-state index contributed by atoms with van der Waals surface area (Å²) in [5.41, 5.74) is 20.6. The molecule has 3 aromatic rings. The number of hydrogen-bond acceptors (Lipinski definition) is 6. The number of Topliss-reactive ketones (excluding diaryl/α,β-unsaturated/α-hetero) is 1. The molecule has 0 saturated heterocycles. The molecule has 1 aromatic heterocycles. The van der Waals surface area contributed by atoms with Crippen molar-refractivity contribution in [1.82, 2.24) is 9.88 Å². The number of para-hydroxylation sites is 1. The van der Waals surface area contributed by atoms with Gasteiger partial charge in [-0.05, 0) is 37.2 Å². The van der Waals surface area contributed by atoms with Gasteiger partial charge in [-0.1, -0.05) is 18.2 Å². The van der Waals surface area contributed by atoms with E-state index in [0.29, 0.717) is 30.8 Å². The Kier molecular flexibility index (Phi) is 6.34. The Morgan fingerprint density at radius 2 is 1.63 bits per heavy atom. The SMILES string of the molecule is NCCN(CCN)CCCC(=O)c1ccc2nc3ccccc3c(N)c2c1. The van der Waals surface area contributed by atoms with Crippen LogP contribution in [0.1, 0.15) is 23.2 Å². The highest BCUT2D eigenvalue weighted by Gasteiger charge is 2.12. The molecule has 0 radical (unpaired) electrons. The molecular weight excluding hydrogens is 338 g/mol. The number of carbonyl (C=O) groups excluding carboxylic acids is 1. The molecule has 0 saturated carbocycles. The molecule has 6 heteroatoms. The summed E-state index contributed by atoms with van der Waals surface area (Å²) in [5.74, 6) is 0.116. The monoisotopic (exact) mass is 365 g/mol. The second-order valence-electron chi connectivity index (χ2n) is 6.72. The first-order valence-corrected chi connectivity index (χ1v) is 9.37. The maximum Gasteiger partial charge on any atom is 0.162 e. The molecule has 0 spiro atoms. The Labute approximate surface area is 159 Å². The van der Waals surface area contributed by atoms with E-state index in [1.165, 1.54) is 0 Å². The van der Waals surface area contributed by atoms with Gasteiger partial charge in [-0.2, -0.15) is 0 Å². The van der Waals surface area contributed by atoms with Crippen LogP contribution in [0.5, 0.6) is 0 Å². The number of hydrogen-bond donors (Lipinski definition) is 3. The van der Waals surface area contributed by atoms with Gasteiger partial charge in [-0.25, -0.2) is 4.98 Å². The maximum absolute atomic E-state index is 12.6. The molecule has 0 aliphatic carbocycles. The van der Waals surface area contributed by atoms with Gasteiger partial charge in [0.25, 0.3) is 0 Å². The smallest absolute Gasteiger partial charge is 0.162 e. The highest BCUT2D eigenvalue weighted by molar-refractivity contribution is 6.09. The first kappa shape index (κ1) is 19.2. The minimum absolute atomic E-state index is 0.116. The van der Waals surface area contributed by atoms with Crippen LogP contribution in [-0.4, -0.2) is 48.4 Å². The van der Waals surface area contributed by atoms with Gasteiger partial charge in [-0.15, -0.1) is 0 Å². The summed E-state index contributed by atoms with van der Waals surface area (Å²) in [6, 6.07) is 13.4. The minimum Gasteiger partial charge on any atom is -0.398 e. The normalized spacial score (nSPS) is 11.5. The molecule has 1 heterocycles. The molecular formula is C21H27N5O. The van der Waals surface area contributed by atoms with Gasteiger partial charge in [0.2, 0.25) is 0 Å². The van der Waals surface area contributed by atoms with Gasteiger partial charge >= 0.3 is 0 Å². The molecule has 0 atom stereocenters. The third kappa shape index (κ3) is 4.42. The number of ketones is 1. The standard InChI is InChI=1S/C21H27N5O/c22-9-12-26(13-10-23)11-3-6-20(27)15-7-8-19-17(14-15)21(24)16-4-1-2-5-18(16)25-19/h1-2,4-5,7-8,14H,3,6,9-13,22-23H2,(H2,24,25). The first-order valence-electron chi connectivity index (χ1n) is 9.37. The molecule has 2 aromatic carbocycles. The van der Waals surface area contributed by atoms with Gasteiger partial charge < -0.3 is 22.1 Å². The molecule has 0 aliphatic rings. The van der Waals surface area contributed by atoms with Crippen molar-refractivity contribution in [1.29, 1.82) is 0 Å². The molecule has 0 amide bonds. The number of anilines is 1. The molecule has 0 aliphatic heterocycles. The molecule has 3 rings (SSSR count). The summed E-state index contributed by atoms with van der Waals surface area (Å²) >= 11 is 0. The number of pyridine rings is 1. The summed E-state index contributed by atoms with van der Waals surface area (Å²) in [6.45, 7) is 3.62. The number of fused-ring (bicyclic) bond motifs is 2. The van der Waals surface area contributed by atoms with E-state index in [2.05, 4.69) is 9.88 Å². The lowest BCUT2D eigenvalue weighted by molar-refractivity contribution is 0.0975. The van der Waals surface area contributed by atoms with Crippen molar-refractivity contribution < 1.29 is 4.79 Å². The van der Waals surface area contributed by atoms with Crippen molar-refractivity contribution in [2.24, 2.45) is 11.5 Å². The zero-order valence-electron chi connectivity index (χ0n) is 15.5. The molecule has 0 unspecified atom stereocenters. The number of rotatable bonds is 9. The lowest BCUT2D eigenvalue weighted by Gasteiger charge is -2.20. The third-order valence-electron chi connectivity index (χ3n) is 4.81. The number of carbonyl (C=O) groups is 1. The van der Waals surface area contributed by atoms with Crippen molar-refractivity contribution in [2.75, 3.05) is 38.5 Å². The lowest BCUT2D eigenvalue weighted by atomic mass is 10.0. The highest BCUT2D eigenvalue weighted by atomic mass is 16.1. The first-order chi connectivity index (χ1) is 13.1. The Bertz CT molecular complexity index is 934. The maximum atomic E-state index is 12.6. The van der Waals surface area contributed by atoms with E-state index in [9.17, 15) is 4.79 Å². The Balaban J connectivity index is 1.75. The summed E-state index contributed by atoms with van der Waals surface area (Å²) in [7, 11) is 0. The number of aromatic nitrogens is 1. The average molecular weight is 365 g/mol. The van der Waals surface area contributed by atoms with Gasteiger partial charge in [0.15, 0.2) is 5.78 Å². The lowest BCUT2D eigenvalue weighted by Crippen LogP contribution is -2.34. The van der Waals surface area contributed by atoms with E-state index in [1.54, 1.807) is 0 Å². The highest BCUT2D eigenvalue weighted by Crippen LogP contribution is 2.29. The Morgan fingerprint density at radius 1 is 0.926 bits per heavy atom. The quantitative estimate of drug-likeness (QED) is 0.396. The van der Waals surface area contributed by atoms with Crippen molar-refractivity contribution in [3.8, 4) is 0 Å². The summed E-state index contributed by atoms with van der Waals surface area (Å²) in [6.07, 6.45) is 1.26. The fourth-order valence-electron chi connectivity index (χ4n) is 3.40. The van der Waals surface area contributed by atoms with E-state index in [1.807, 2.05) is 42.5 Å². The predicted molar refractivity (Wildman–Crippen MR) is 112 cm³/mol. The van der Waals surface area contributed by atoms with Gasteiger partial charge in [0.1, 0.15) is 0 Å². The van der Waals surface area contributed by atoms with Crippen molar-refractivity contribution in [3.05, 3.63) is 48.0 Å². The second kappa shape index (κ2) is 8.90. The van der Waals surface area contributed by atoms with E-state index in [-0.39, 0.29) is 5.78 Å². The Hall–Kier alpha value is -2.54. The topological polar surface area (TPSA) is 111 Å². The molecule has 6 nitrogen and oxygen atoms in total. The zero-order chi connectivity index (χ0) is 19.2. The fourth-order valence-corrected chi connectivity index (χ4v) is 3.40. The zero-order valence-corrected chi connectivity index (χ0v) is 15.5. The van der Waals surface area contributed by atoms with Crippen LogP contribution in [0.2, 0.25) is 0 Å². The van der Waals surface area contributed by atoms with Crippen molar-refractivity contribution >= 4 is 33.3 Å². The molecule has 6 N–H and O–H groups in total. The predicted octanol–water partition coefficient (Wildman–Crippen LogP) is 2.15. The summed E-state index contributed by atoms with van der Waals surface area (Å²) in [5, 5.41) is 1.74.